The van der Waals surface area contributed by atoms with E-state index in [1.54, 1.807) is 35.9 Å². The molecule has 0 bridgehead atoms. The third kappa shape index (κ3) is 3.83. The monoisotopic (exact) mass is 383 g/mol. The van der Waals surface area contributed by atoms with Crippen LogP contribution in [0.4, 0.5) is 0 Å². The van der Waals surface area contributed by atoms with Gasteiger partial charge in [-0.05, 0) is 42.7 Å². The summed E-state index contributed by atoms with van der Waals surface area (Å²) in [4.78, 5) is 23.7. The Labute approximate surface area is 166 Å². The minimum atomic E-state index is -0.976. The Morgan fingerprint density at radius 2 is 1.76 bits per heavy atom. The quantitative estimate of drug-likeness (QED) is 0.545. The molecule has 5 nitrogen and oxygen atoms in total. The summed E-state index contributed by atoms with van der Waals surface area (Å²) in [5.74, 6) is 5.53. The Hall–Kier alpha value is -4.04. The minimum absolute atomic E-state index is 0.0933. The molecule has 0 unspecified atom stereocenters. The molecular weight excluding hydrogens is 366 g/mol. The molecule has 2 aromatic heterocycles. The summed E-state index contributed by atoms with van der Waals surface area (Å²) in [6, 6.07) is 16.1. The summed E-state index contributed by atoms with van der Waals surface area (Å²) in [5.41, 5.74) is 3.45. The van der Waals surface area contributed by atoms with Crippen molar-refractivity contribution in [3.8, 4) is 11.8 Å². The summed E-state index contributed by atoms with van der Waals surface area (Å²) in [5, 5.41) is 9.01. The molecule has 4 aromatic rings. The molecule has 0 aliphatic heterocycles. The fraction of sp³-hybridized carbons (Fsp3) is 0.0833. The maximum absolute atomic E-state index is 12.7. The zero-order valence-electron chi connectivity index (χ0n) is 15.7. The number of carbonyl (C=O) groups is 1. The molecule has 4 rings (SSSR count). The van der Waals surface area contributed by atoms with E-state index in [0.717, 1.165) is 11.1 Å². The number of carboxylic acids is 1. The molecule has 142 valence electrons. The van der Waals surface area contributed by atoms with Crippen LogP contribution in [-0.4, -0.2) is 15.5 Å². The number of hydrogen-bond acceptors (Lipinski definition) is 3. The number of hydrogen-bond donors (Lipinski definition) is 1. The van der Waals surface area contributed by atoms with E-state index in [1.165, 1.54) is 12.1 Å². The van der Waals surface area contributed by atoms with Crippen LogP contribution in [0.3, 0.4) is 0 Å². The van der Waals surface area contributed by atoms with E-state index >= 15 is 0 Å². The van der Waals surface area contributed by atoms with Crippen LogP contribution in [0.15, 0.2) is 76.2 Å². The highest BCUT2D eigenvalue weighted by molar-refractivity contribution is 5.87. The summed E-state index contributed by atoms with van der Waals surface area (Å²) >= 11 is 0. The van der Waals surface area contributed by atoms with Crippen molar-refractivity contribution in [2.45, 2.75) is 13.3 Å². The number of rotatable bonds is 3. The molecule has 0 aliphatic carbocycles. The van der Waals surface area contributed by atoms with Gasteiger partial charge in [0.2, 0.25) is 5.71 Å². The van der Waals surface area contributed by atoms with E-state index in [-0.39, 0.29) is 11.0 Å². The number of carboxylic acid groups (broad SMARTS) is 1. The molecule has 0 amide bonds. The summed E-state index contributed by atoms with van der Waals surface area (Å²) in [7, 11) is 0. The molecule has 2 heterocycles. The zero-order chi connectivity index (χ0) is 20.4. The van der Waals surface area contributed by atoms with Gasteiger partial charge in [0.25, 0.3) is 0 Å². The van der Waals surface area contributed by atoms with Crippen molar-refractivity contribution >= 4 is 11.7 Å². The molecule has 0 saturated heterocycles. The van der Waals surface area contributed by atoms with E-state index in [4.69, 9.17) is 9.52 Å². The number of aromatic carboxylic acids is 1. The second-order valence-corrected chi connectivity index (χ2v) is 6.71. The normalized spacial score (nSPS) is 10.5. The van der Waals surface area contributed by atoms with Crippen molar-refractivity contribution in [2.24, 2.45) is 0 Å². The lowest BCUT2D eigenvalue weighted by Gasteiger charge is -2.05. The molecule has 0 spiro atoms. The topological polar surface area (TPSA) is 71.9 Å². The highest BCUT2D eigenvalue weighted by atomic mass is 16.4. The number of oxazole rings is 1. The Morgan fingerprint density at radius 1 is 1.03 bits per heavy atom. The van der Waals surface area contributed by atoms with Crippen LogP contribution in [0.1, 0.15) is 38.4 Å². The lowest BCUT2D eigenvalue weighted by atomic mass is 10.0. The summed E-state index contributed by atoms with van der Waals surface area (Å²) < 4.78 is 7.54. The SMILES string of the molecule is Cc1c(=O)c(Cc2ccc(C(=O)O)cc2)cn2cc(C#Cc3ccccc3)oc12. The van der Waals surface area contributed by atoms with Crippen LogP contribution in [0, 0.1) is 18.8 Å². The van der Waals surface area contributed by atoms with Gasteiger partial charge in [-0.15, -0.1) is 0 Å². The minimum Gasteiger partial charge on any atom is -0.478 e. The fourth-order valence-electron chi connectivity index (χ4n) is 3.12. The van der Waals surface area contributed by atoms with E-state index < -0.39 is 5.97 Å². The Balaban J connectivity index is 1.68. The van der Waals surface area contributed by atoms with Crippen LogP contribution in [0.25, 0.3) is 5.71 Å². The van der Waals surface area contributed by atoms with Crippen molar-refractivity contribution in [1.82, 2.24) is 4.40 Å². The van der Waals surface area contributed by atoms with E-state index in [1.807, 2.05) is 30.3 Å². The molecule has 29 heavy (non-hydrogen) atoms. The molecule has 2 aromatic carbocycles. The van der Waals surface area contributed by atoms with Crippen molar-refractivity contribution in [3.05, 3.63) is 111 Å². The maximum Gasteiger partial charge on any atom is 0.335 e. The number of aryl methyl sites for hydroxylation is 1. The van der Waals surface area contributed by atoms with Crippen molar-refractivity contribution in [3.63, 3.8) is 0 Å². The molecular formula is C24H17NO4. The number of fused-ring (bicyclic) bond motifs is 1. The second kappa shape index (κ2) is 7.53. The summed E-state index contributed by atoms with van der Waals surface area (Å²) in [6.45, 7) is 1.73. The van der Waals surface area contributed by atoms with Gasteiger partial charge in [-0.1, -0.05) is 36.3 Å². The van der Waals surface area contributed by atoms with Gasteiger partial charge in [-0.2, -0.15) is 0 Å². The van der Waals surface area contributed by atoms with Crippen molar-refractivity contribution < 1.29 is 14.3 Å². The Kier molecular flexibility index (Phi) is 4.76. The third-order valence-electron chi connectivity index (χ3n) is 4.64. The first-order valence-electron chi connectivity index (χ1n) is 9.05. The van der Waals surface area contributed by atoms with E-state index in [2.05, 4.69) is 11.8 Å². The zero-order valence-corrected chi connectivity index (χ0v) is 15.7. The number of pyridine rings is 1. The molecule has 1 N–H and O–H groups in total. The van der Waals surface area contributed by atoms with Crippen LogP contribution in [0.5, 0.6) is 0 Å². The number of nitrogens with zero attached hydrogens (tertiary/aromatic N) is 1. The van der Waals surface area contributed by atoms with Gasteiger partial charge in [0.15, 0.2) is 11.2 Å². The molecule has 0 radical (unpaired) electrons. The Morgan fingerprint density at radius 3 is 2.45 bits per heavy atom. The smallest absolute Gasteiger partial charge is 0.335 e. The van der Waals surface area contributed by atoms with E-state index in [9.17, 15) is 9.59 Å². The first-order valence-corrected chi connectivity index (χ1v) is 9.05. The van der Waals surface area contributed by atoms with Crippen LogP contribution < -0.4 is 5.43 Å². The Bertz CT molecular complexity index is 1320. The largest absolute Gasteiger partial charge is 0.478 e. The maximum atomic E-state index is 12.7. The van der Waals surface area contributed by atoms with Crippen molar-refractivity contribution in [1.29, 1.82) is 0 Å². The molecule has 0 fully saturated rings. The standard InChI is InChI=1S/C24H17NO4/c1-16-22(26)20(13-18-7-10-19(11-8-18)24(27)28)14-25-15-21(29-23(16)25)12-9-17-5-3-2-4-6-17/h2-8,10-11,14-15H,13H2,1H3,(H,27,28). The lowest BCUT2D eigenvalue weighted by molar-refractivity contribution is 0.0697. The predicted octanol–water partition coefficient (Wildman–Crippen LogP) is 3.89. The van der Waals surface area contributed by atoms with Gasteiger partial charge < -0.3 is 9.52 Å². The molecule has 0 aliphatic rings. The van der Waals surface area contributed by atoms with Crippen LogP contribution in [0.2, 0.25) is 0 Å². The average molecular weight is 383 g/mol. The van der Waals surface area contributed by atoms with Gasteiger partial charge in [-0.25, -0.2) is 4.79 Å². The highest BCUT2D eigenvalue weighted by Crippen LogP contribution is 2.15. The molecule has 0 saturated carbocycles. The first-order chi connectivity index (χ1) is 14.0. The highest BCUT2D eigenvalue weighted by Gasteiger charge is 2.12. The lowest BCUT2D eigenvalue weighted by Crippen LogP contribution is -2.14. The third-order valence-corrected chi connectivity index (χ3v) is 4.64. The van der Waals surface area contributed by atoms with Gasteiger partial charge in [0.05, 0.1) is 17.3 Å². The van der Waals surface area contributed by atoms with Crippen molar-refractivity contribution in [2.75, 3.05) is 0 Å². The number of benzene rings is 2. The van der Waals surface area contributed by atoms with Gasteiger partial charge in [0, 0.05) is 23.7 Å². The van der Waals surface area contributed by atoms with Gasteiger partial charge in [0.1, 0.15) is 0 Å². The number of aromatic nitrogens is 1. The van der Waals surface area contributed by atoms with E-state index in [0.29, 0.717) is 29.0 Å². The second-order valence-electron chi connectivity index (χ2n) is 6.71. The fourth-order valence-corrected chi connectivity index (χ4v) is 3.12. The van der Waals surface area contributed by atoms with Crippen LogP contribution in [-0.2, 0) is 6.42 Å². The van der Waals surface area contributed by atoms with Gasteiger partial charge in [-0.3, -0.25) is 9.20 Å². The molecule has 5 heteroatoms. The first kappa shape index (κ1) is 18.3. The van der Waals surface area contributed by atoms with Crippen LogP contribution >= 0.6 is 0 Å². The summed E-state index contributed by atoms with van der Waals surface area (Å²) in [6.07, 6.45) is 3.90. The predicted molar refractivity (Wildman–Crippen MR) is 109 cm³/mol. The average Bonchev–Trinajstić information content (AvgIpc) is 3.14. The van der Waals surface area contributed by atoms with Gasteiger partial charge >= 0.3 is 5.97 Å². The molecule has 0 atom stereocenters.